The molecule has 0 aliphatic heterocycles. The van der Waals surface area contributed by atoms with Gasteiger partial charge in [-0.25, -0.2) is 4.79 Å². The van der Waals surface area contributed by atoms with Gasteiger partial charge in [0.1, 0.15) is 6.54 Å². The number of nitrogens with zero attached hydrogens (tertiary/aromatic N) is 3. The van der Waals surface area contributed by atoms with Crippen molar-refractivity contribution in [3.05, 3.63) is 11.9 Å². The third-order valence-corrected chi connectivity index (χ3v) is 2.19. The number of carbonyl (C=O) groups excluding carboxylic acids is 1. The maximum Gasteiger partial charge on any atom is 0.358 e. The zero-order valence-corrected chi connectivity index (χ0v) is 9.17. The molecule has 0 radical (unpaired) electrons. The van der Waals surface area contributed by atoms with Gasteiger partial charge in [-0.2, -0.15) is 5.10 Å². The van der Waals surface area contributed by atoms with E-state index in [1.54, 1.807) is 7.05 Å². The molecule has 1 aromatic heterocycles. The zero-order chi connectivity index (χ0) is 12.3. The predicted molar refractivity (Wildman–Crippen MR) is 56.9 cm³/mol. The number of rotatable bonds is 4. The van der Waals surface area contributed by atoms with Crippen LogP contribution in [0.15, 0.2) is 6.20 Å². The van der Waals surface area contributed by atoms with Gasteiger partial charge in [-0.05, 0) is 6.92 Å². The number of carbonyl (C=O) groups is 2. The average Bonchev–Trinajstić information content (AvgIpc) is 2.58. The molecule has 1 amide bonds. The molecule has 7 nitrogen and oxygen atoms in total. The Morgan fingerprint density at radius 2 is 2.25 bits per heavy atom. The molecule has 0 aliphatic carbocycles. The molecule has 1 heterocycles. The van der Waals surface area contributed by atoms with E-state index in [9.17, 15) is 9.59 Å². The number of hydrogen-bond donors (Lipinski definition) is 2. The van der Waals surface area contributed by atoms with Crippen molar-refractivity contribution in [1.82, 2.24) is 14.7 Å². The molecule has 3 N–H and O–H groups in total. The normalized spacial score (nSPS) is 10.1. The number of carboxylic acid groups (broad SMARTS) is 1. The first-order valence-corrected chi connectivity index (χ1v) is 4.75. The van der Waals surface area contributed by atoms with Gasteiger partial charge in [0, 0.05) is 19.8 Å². The molecule has 1 aromatic rings. The van der Waals surface area contributed by atoms with E-state index in [1.807, 2.05) is 6.92 Å². The van der Waals surface area contributed by atoms with Crippen molar-refractivity contribution in [2.24, 2.45) is 0 Å². The average molecular weight is 226 g/mol. The molecule has 0 aromatic carbocycles. The van der Waals surface area contributed by atoms with Crippen molar-refractivity contribution >= 4 is 17.6 Å². The molecule has 1 rings (SSSR count). The number of nitrogen functional groups attached to an aromatic ring is 1. The van der Waals surface area contributed by atoms with Crippen LogP contribution in [0.4, 0.5) is 5.69 Å². The largest absolute Gasteiger partial charge is 0.476 e. The second kappa shape index (κ2) is 4.65. The van der Waals surface area contributed by atoms with Crippen molar-refractivity contribution in [1.29, 1.82) is 0 Å². The van der Waals surface area contributed by atoms with Crippen molar-refractivity contribution < 1.29 is 14.7 Å². The van der Waals surface area contributed by atoms with Crippen LogP contribution in [-0.4, -0.2) is 45.3 Å². The molecular weight excluding hydrogens is 212 g/mol. The summed E-state index contributed by atoms with van der Waals surface area (Å²) in [6.45, 7) is 2.42. The number of aromatic nitrogens is 2. The highest BCUT2D eigenvalue weighted by molar-refractivity contribution is 5.91. The molecule has 0 unspecified atom stereocenters. The first-order chi connectivity index (χ1) is 7.45. The molecular formula is C9H14N4O3. The quantitative estimate of drug-likeness (QED) is 0.730. The summed E-state index contributed by atoms with van der Waals surface area (Å²) in [4.78, 5) is 23.7. The van der Waals surface area contributed by atoms with Gasteiger partial charge in [-0.15, -0.1) is 0 Å². The summed E-state index contributed by atoms with van der Waals surface area (Å²) < 4.78 is 1.23. The van der Waals surface area contributed by atoms with Crippen LogP contribution in [0, 0.1) is 0 Å². The first-order valence-electron chi connectivity index (χ1n) is 4.75. The summed E-state index contributed by atoms with van der Waals surface area (Å²) in [5, 5.41) is 12.4. The Balaban J connectivity index is 2.79. The molecule has 16 heavy (non-hydrogen) atoms. The van der Waals surface area contributed by atoms with Crippen LogP contribution >= 0.6 is 0 Å². The molecule has 0 saturated carbocycles. The molecule has 0 bridgehead atoms. The lowest BCUT2D eigenvalue weighted by molar-refractivity contribution is -0.130. The van der Waals surface area contributed by atoms with Crippen molar-refractivity contribution in [3.8, 4) is 0 Å². The first kappa shape index (κ1) is 12.0. The Morgan fingerprint density at radius 1 is 1.62 bits per heavy atom. The van der Waals surface area contributed by atoms with Crippen molar-refractivity contribution in [3.63, 3.8) is 0 Å². The summed E-state index contributed by atoms with van der Waals surface area (Å²) in [5.74, 6) is -1.35. The van der Waals surface area contributed by atoms with Gasteiger partial charge in [0.15, 0.2) is 5.69 Å². The topological polar surface area (TPSA) is 101 Å². The fourth-order valence-electron chi connectivity index (χ4n) is 1.12. The maximum atomic E-state index is 11.5. The highest BCUT2D eigenvalue weighted by Crippen LogP contribution is 2.08. The SMILES string of the molecule is CCN(C)C(=O)Cn1cc(N)c(C(=O)O)n1. The minimum Gasteiger partial charge on any atom is -0.476 e. The second-order valence-corrected chi connectivity index (χ2v) is 3.34. The standard InChI is InChI=1S/C9H14N4O3/c1-3-12(2)7(14)5-13-4-6(10)8(11-13)9(15)16/h4H,3,5,10H2,1-2H3,(H,15,16). The number of hydrogen-bond acceptors (Lipinski definition) is 4. The van der Waals surface area contributed by atoms with Gasteiger partial charge >= 0.3 is 5.97 Å². The zero-order valence-electron chi connectivity index (χ0n) is 9.17. The van der Waals surface area contributed by atoms with E-state index in [0.29, 0.717) is 6.54 Å². The number of likely N-dealkylation sites (N-methyl/N-ethyl adjacent to an activating group) is 1. The van der Waals surface area contributed by atoms with Gasteiger partial charge in [0.2, 0.25) is 5.91 Å². The summed E-state index contributed by atoms with van der Waals surface area (Å²) in [6, 6.07) is 0. The smallest absolute Gasteiger partial charge is 0.358 e. The van der Waals surface area contributed by atoms with Gasteiger partial charge in [-0.1, -0.05) is 0 Å². The number of carboxylic acids is 1. The van der Waals surface area contributed by atoms with Crippen molar-refractivity contribution in [2.45, 2.75) is 13.5 Å². The Bertz CT molecular complexity index is 413. The summed E-state index contributed by atoms with van der Waals surface area (Å²) in [5.41, 5.74) is 5.26. The summed E-state index contributed by atoms with van der Waals surface area (Å²) >= 11 is 0. The second-order valence-electron chi connectivity index (χ2n) is 3.34. The Kier molecular flexibility index (Phi) is 3.49. The number of amides is 1. The Hall–Kier alpha value is -2.05. The van der Waals surface area contributed by atoms with Gasteiger partial charge in [-0.3, -0.25) is 9.48 Å². The Labute approximate surface area is 92.4 Å². The summed E-state index contributed by atoms with van der Waals surface area (Å²) in [6.07, 6.45) is 1.34. The lowest BCUT2D eigenvalue weighted by Crippen LogP contribution is -2.30. The molecule has 0 saturated heterocycles. The van der Waals surface area contributed by atoms with E-state index >= 15 is 0 Å². The van der Waals surface area contributed by atoms with Crippen LogP contribution in [0.3, 0.4) is 0 Å². The van der Waals surface area contributed by atoms with Crippen LogP contribution in [0.25, 0.3) is 0 Å². The van der Waals surface area contributed by atoms with E-state index < -0.39 is 5.97 Å². The number of anilines is 1. The monoisotopic (exact) mass is 226 g/mol. The molecule has 0 atom stereocenters. The van der Waals surface area contributed by atoms with Crippen LogP contribution in [0.2, 0.25) is 0 Å². The van der Waals surface area contributed by atoms with E-state index in [2.05, 4.69) is 5.10 Å². The lowest BCUT2D eigenvalue weighted by Gasteiger charge is -2.13. The predicted octanol–water partition coefficient (Wildman–Crippen LogP) is -0.358. The highest BCUT2D eigenvalue weighted by Gasteiger charge is 2.15. The van der Waals surface area contributed by atoms with Gasteiger partial charge < -0.3 is 15.7 Å². The Morgan fingerprint density at radius 3 is 2.69 bits per heavy atom. The third-order valence-electron chi connectivity index (χ3n) is 2.19. The molecule has 0 spiro atoms. The lowest BCUT2D eigenvalue weighted by atomic mass is 10.4. The highest BCUT2D eigenvalue weighted by atomic mass is 16.4. The molecule has 0 fully saturated rings. The molecule has 88 valence electrons. The van der Waals surface area contributed by atoms with Crippen LogP contribution < -0.4 is 5.73 Å². The fourth-order valence-corrected chi connectivity index (χ4v) is 1.12. The summed E-state index contributed by atoms with van der Waals surface area (Å²) in [7, 11) is 1.66. The fraction of sp³-hybridized carbons (Fsp3) is 0.444. The molecule has 7 heteroatoms. The molecule has 0 aliphatic rings. The van der Waals surface area contributed by atoms with E-state index in [0.717, 1.165) is 0 Å². The van der Waals surface area contributed by atoms with Crippen LogP contribution in [0.1, 0.15) is 17.4 Å². The van der Waals surface area contributed by atoms with E-state index in [4.69, 9.17) is 10.8 Å². The number of nitrogens with two attached hydrogens (primary N) is 1. The maximum absolute atomic E-state index is 11.5. The van der Waals surface area contributed by atoms with Crippen molar-refractivity contribution in [2.75, 3.05) is 19.3 Å². The van der Waals surface area contributed by atoms with Gasteiger partial charge in [0.25, 0.3) is 0 Å². The van der Waals surface area contributed by atoms with Crippen LogP contribution in [-0.2, 0) is 11.3 Å². The minimum absolute atomic E-state index is 0.0121. The minimum atomic E-state index is -1.20. The van der Waals surface area contributed by atoms with E-state index in [1.165, 1.54) is 15.8 Å². The third kappa shape index (κ3) is 2.50. The number of aromatic carboxylic acids is 1. The van der Waals surface area contributed by atoms with Crippen LogP contribution in [0.5, 0.6) is 0 Å². The van der Waals surface area contributed by atoms with Gasteiger partial charge in [0.05, 0.1) is 5.69 Å². The van der Waals surface area contributed by atoms with E-state index in [-0.39, 0.29) is 23.8 Å².